The van der Waals surface area contributed by atoms with E-state index in [1.165, 1.54) is 0 Å². The summed E-state index contributed by atoms with van der Waals surface area (Å²) in [6.07, 6.45) is -2.34. The van der Waals surface area contributed by atoms with Crippen LogP contribution in [0.25, 0.3) is 0 Å². The lowest BCUT2D eigenvalue weighted by Gasteiger charge is -2.31. The standard InChI is InChI=1S/C14H16Cl2F3N/c15-11-4-5-13(16)9(6-11)8-20-12-3-1-2-10(7-12)14(17,18)19/h4-6,10,12,20H,1-3,7-8H2. The Kier molecular flexibility index (Phi) is 5.21. The van der Waals surface area contributed by atoms with Crippen LogP contribution in [0.3, 0.4) is 0 Å². The highest BCUT2D eigenvalue weighted by Gasteiger charge is 2.41. The first-order valence-corrected chi connectivity index (χ1v) is 7.36. The van der Waals surface area contributed by atoms with Crippen LogP contribution in [0.2, 0.25) is 10.0 Å². The molecule has 2 atom stereocenters. The van der Waals surface area contributed by atoms with Gasteiger partial charge in [-0.05, 0) is 43.0 Å². The van der Waals surface area contributed by atoms with Gasteiger partial charge in [-0.2, -0.15) is 13.2 Å². The maximum absolute atomic E-state index is 12.7. The Balaban J connectivity index is 1.92. The largest absolute Gasteiger partial charge is 0.391 e. The van der Waals surface area contributed by atoms with Crippen molar-refractivity contribution in [1.82, 2.24) is 5.32 Å². The van der Waals surface area contributed by atoms with E-state index in [4.69, 9.17) is 23.2 Å². The summed E-state index contributed by atoms with van der Waals surface area (Å²) >= 11 is 11.9. The minimum Gasteiger partial charge on any atom is -0.310 e. The minimum atomic E-state index is -4.09. The summed E-state index contributed by atoms with van der Waals surface area (Å²) in [5.74, 6) is -1.19. The lowest BCUT2D eigenvalue weighted by atomic mass is 9.85. The van der Waals surface area contributed by atoms with E-state index in [-0.39, 0.29) is 18.9 Å². The summed E-state index contributed by atoms with van der Waals surface area (Å²) in [7, 11) is 0. The van der Waals surface area contributed by atoms with Crippen molar-refractivity contribution in [2.75, 3.05) is 0 Å². The van der Waals surface area contributed by atoms with Crippen molar-refractivity contribution in [3.05, 3.63) is 33.8 Å². The van der Waals surface area contributed by atoms with Crippen LogP contribution in [-0.4, -0.2) is 12.2 Å². The quantitative estimate of drug-likeness (QED) is 0.804. The van der Waals surface area contributed by atoms with E-state index in [1.807, 2.05) is 0 Å². The molecule has 1 nitrogen and oxygen atoms in total. The topological polar surface area (TPSA) is 12.0 Å². The summed E-state index contributed by atoms with van der Waals surface area (Å²) in [6.45, 7) is 0.439. The van der Waals surface area contributed by atoms with Crippen LogP contribution in [0.15, 0.2) is 18.2 Å². The molecule has 1 fully saturated rings. The minimum absolute atomic E-state index is 0.120. The van der Waals surface area contributed by atoms with Crippen molar-refractivity contribution in [2.24, 2.45) is 5.92 Å². The number of nitrogens with one attached hydrogen (secondary N) is 1. The van der Waals surface area contributed by atoms with Gasteiger partial charge in [-0.15, -0.1) is 0 Å². The molecule has 0 aliphatic heterocycles. The maximum atomic E-state index is 12.7. The zero-order valence-corrected chi connectivity index (χ0v) is 12.3. The Bertz CT molecular complexity index is 462. The van der Waals surface area contributed by atoms with Crippen molar-refractivity contribution >= 4 is 23.2 Å². The molecule has 0 heterocycles. The number of benzene rings is 1. The number of halogens is 5. The van der Waals surface area contributed by atoms with E-state index in [0.29, 0.717) is 23.0 Å². The molecular formula is C14H16Cl2F3N. The molecule has 0 spiro atoms. The van der Waals surface area contributed by atoms with Crippen molar-refractivity contribution in [3.63, 3.8) is 0 Å². The van der Waals surface area contributed by atoms with Crippen LogP contribution in [0.5, 0.6) is 0 Å². The first-order chi connectivity index (χ1) is 9.36. The van der Waals surface area contributed by atoms with Crippen LogP contribution >= 0.6 is 23.2 Å². The molecule has 0 radical (unpaired) electrons. The molecule has 1 aliphatic carbocycles. The summed E-state index contributed by atoms with van der Waals surface area (Å²) in [5, 5.41) is 4.31. The van der Waals surface area contributed by atoms with Crippen molar-refractivity contribution in [1.29, 1.82) is 0 Å². The third-order valence-corrected chi connectivity index (χ3v) is 4.33. The highest BCUT2D eigenvalue weighted by Crippen LogP contribution is 2.37. The SMILES string of the molecule is FC(F)(F)C1CCCC(NCc2cc(Cl)ccc2Cl)C1. The predicted molar refractivity (Wildman–Crippen MR) is 75.1 cm³/mol. The van der Waals surface area contributed by atoms with Gasteiger partial charge < -0.3 is 5.32 Å². The predicted octanol–water partition coefficient (Wildman–Crippen LogP) is 5.20. The molecule has 6 heteroatoms. The third-order valence-electron chi connectivity index (χ3n) is 3.73. The fourth-order valence-electron chi connectivity index (χ4n) is 2.61. The zero-order chi connectivity index (χ0) is 14.8. The number of alkyl halides is 3. The zero-order valence-electron chi connectivity index (χ0n) is 10.8. The van der Waals surface area contributed by atoms with E-state index in [1.54, 1.807) is 18.2 Å². The molecule has 0 aromatic heterocycles. The Hall–Kier alpha value is -0.450. The van der Waals surface area contributed by atoms with Crippen LogP contribution in [0.4, 0.5) is 13.2 Å². The fourth-order valence-corrected chi connectivity index (χ4v) is 2.98. The van der Waals surface area contributed by atoms with E-state index in [0.717, 1.165) is 12.0 Å². The Morgan fingerprint density at radius 3 is 2.65 bits per heavy atom. The molecule has 1 aromatic carbocycles. The molecule has 112 valence electrons. The smallest absolute Gasteiger partial charge is 0.310 e. The van der Waals surface area contributed by atoms with Crippen LogP contribution in [0.1, 0.15) is 31.2 Å². The van der Waals surface area contributed by atoms with Gasteiger partial charge in [0.25, 0.3) is 0 Å². The highest BCUT2D eigenvalue weighted by molar-refractivity contribution is 6.33. The van der Waals surface area contributed by atoms with E-state index in [9.17, 15) is 13.2 Å². The van der Waals surface area contributed by atoms with E-state index in [2.05, 4.69) is 5.32 Å². The molecule has 0 amide bonds. The van der Waals surface area contributed by atoms with Gasteiger partial charge in [0.2, 0.25) is 0 Å². The number of rotatable bonds is 3. The van der Waals surface area contributed by atoms with Gasteiger partial charge in [-0.3, -0.25) is 0 Å². The Morgan fingerprint density at radius 1 is 1.20 bits per heavy atom. The van der Waals surface area contributed by atoms with E-state index >= 15 is 0 Å². The summed E-state index contributed by atoms with van der Waals surface area (Å²) < 4.78 is 38.2. The summed E-state index contributed by atoms with van der Waals surface area (Å²) in [4.78, 5) is 0. The van der Waals surface area contributed by atoms with Gasteiger partial charge >= 0.3 is 6.18 Å². The molecule has 1 saturated carbocycles. The van der Waals surface area contributed by atoms with Crippen LogP contribution in [-0.2, 0) is 6.54 Å². The van der Waals surface area contributed by atoms with Crippen molar-refractivity contribution < 1.29 is 13.2 Å². The van der Waals surface area contributed by atoms with E-state index < -0.39 is 12.1 Å². The van der Waals surface area contributed by atoms with Gasteiger partial charge in [-0.1, -0.05) is 29.6 Å². The van der Waals surface area contributed by atoms with Gasteiger partial charge in [0.15, 0.2) is 0 Å². The summed E-state index contributed by atoms with van der Waals surface area (Å²) in [6, 6.07) is 5.00. The van der Waals surface area contributed by atoms with Gasteiger partial charge in [0.05, 0.1) is 5.92 Å². The molecule has 1 N–H and O–H groups in total. The average molecular weight is 326 g/mol. The Labute approximate surface area is 126 Å². The molecule has 0 saturated heterocycles. The molecule has 1 aromatic rings. The van der Waals surface area contributed by atoms with Gasteiger partial charge in [0.1, 0.15) is 0 Å². The molecule has 20 heavy (non-hydrogen) atoms. The second-order valence-corrected chi connectivity index (χ2v) is 6.06. The first-order valence-electron chi connectivity index (χ1n) is 6.60. The maximum Gasteiger partial charge on any atom is 0.391 e. The molecular weight excluding hydrogens is 310 g/mol. The monoisotopic (exact) mass is 325 g/mol. The summed E-state index contributed by atoms with van der Waals surface area (Å²) in [5.41, 5.74) is 0.813. The van der Waals surface area contributed by atoms with Crippen LogP contribution in [0, 0.1) is 5.92 Å². The van der Waals surface area contributed by atoms with Gasteiger partial charge in [0, 0.05) is 22.6 Å². The molecule has 2 rings (SSSR count). The molecule has 0 bridgehead atoms. The lowest BCUT2D eigenvalue weighted by Crippen LogP contribution is -2.38. The second-order valence-electron chi connectivity index (χ2n) is 5.22. The van der Waals surface area contributed by atoms with Gasteiger partial charge in [-0.25, -0.2) is 0 Å². The van der Waals surface area contributed by atoms with Crippen LogP contribution < -0.4 is 5.32 Å². The molecule has 2 unspecified atom stereocenters. The number of hydrogen-bond acceptors (Lipinski definition) is 1. The first kappa shape index (κ1) is 15.9. The lowest BCUT2D eigenvalue weighted by molar-refractivity contribution is -0.183. The number of hydrogen-bond donors (Lipinski definition) is 1. The third kappa shape index (κ3) is 4.27. The Morgan fingerprint density at radius 2 is 1.95 bits per heavy atom. The highest BCUT2D eigenvalue weighted by atomic mass is 35.5. The van der Waals surface area contributed by atoms with Crippen molar-refractivity contribution in [3.8, 4) is 0 Å². The van der Waals surface area contributed by atoms with Crippen molar-refractivity contribution in [2.45, 2.75) is 44.4 Å². The average Bonchev–Trinajstić information content (AvgIpc) is 2.39. The molecule has 1 aliphatic rings. The fraction of sp³-hybridized carbons (Fsp3) is 0.571. The normalized spacial score (nSPS) is 23.9. The second kappa shape index (κ2) is 6.54.